The van der Waals surface area contributed by atoms with E-state index in [0.717, 1.165) is 29.9 Å². The Balaban J connectivity index is 1.67. The van der Waals surface area contributed by atoms with Crippen LogP contribution in [0.1, 0.15) is 56.5 Å². The zero-order valence-corrected chi connectivity index (χ0v) is 16.0. The van der Waals surface area contributed by atoms with E-state index in [1.807, 2.05) is 32.5 Å². The Hall–Kier alpha value is -1.90. The largest absolute Gasteiger partial charge is 0.322 e. The van der Waals surface area contributed by atoms with Crippen LogP contribution >= 0.6 is 11.8 Å². The van der Waals surface area contributed by atoms with Gasteiger partial charge in [-0.25, -0.2) is 4.68 Å². The van der Waals surface area contributed by atoms with Gasteiger partial charge in [-0.3, -0.25) is 9.48 Å². The van der Waals surface area contributed by atoms with Crippen LogP contribution in [0.25, 0.3) is 0 Å². The Bertz CT molecular complexity index is 748. The van der Waals surface area contributed by atoms with Crippen LogP contribution in [0.4, 0.5) is 5.69 Å². The zero-order chi connectivity index (χ0) is 18.0. The van der Waals surface area contributed by atoms with Crippen LogP contribution in [0.3, 0.4) is 0 Å². The molecule has 136 valence electrons. The summed E-state index contributed by atoms with van der Waals surface area (Å²) in [6.45, 7) is 5.71. The summed E-state index contributed by atoms with van der Waals surface area (Å²) < 4.78 is 3.67. The van der Waals surface area contributed by atoms with E-state index in [0.29, 0.717) is 11.2 Å². The minimum absolute atomic E-state index is 0.0672. The predicted octanol–water partition coefficient (Wildman–Crippen LogP) is 2.65. The maximum Gasteiger partial charge on any atom is 0.237 e. The SMILES string of the molecule is Cc1nn(C)c(C)c1NC(=O)C(C)Sc1nnnn1C1CCCCC1. The molecule has 0 aliphatic heterocycles. The number of carbonyl (C=O) groups excluding carboxylic acids is 1. The van der Waals surface area contributed by atoms with Gasteiger partial charge in [-0.1, -0.05) is 31.0 Å². The second kappa shape index (κ2) is 7.55. The molecule has 3 rings (SSSR count). The van der Waals surface area contributed by atoms with Crippen molar-refractivity contribution in [2.75, 3.05) is 5.32 Å². The Morgan fingerprint density at radius 3 is 2.64 bits per heavy atom. The number of anilines is 1. The van der Waals surface area contributed by atoms with Crippen molar-refractivity contribution in [1.29, 1.82) is 0 Å². The van der Waals surface area contributed by atoms with Crippen molar-refractivity contribution in [2.24, 2.45) is 7.05 Å². The normalized spacial score (nSPS) is 16.8. The number of thioether (sulfide) groups is 1. The molecule has 1 atom stereocenters. The van der Waals surface area contributed by atoms with Crippen LogP contribution < -0.4 is 5.32 Å². The van der Waals surface area contributed by atoms with Gasteiger partial charge in [-0.2, -0.15) is 5.10 Å². The van der Waals surface area contributed by atoms with Crippen molar-refractivity contribution in [3.05, 3.63) is 11.4 Å². The molecule has 0 radical (unpaired) electrons. The molecule has 0 spiro atoms. The molecule has 0 saturated heterocycles. The number of rotatable bonds is 5. The lowest BCUT2D eigenvalue weighted by atomic mass is 9.96. The Morgan fingerprint density at radius 2 is 2.00 bits per heavy atom. The second-order valence-electron chi connectivity index (χ2n) is 6.62. The summed E-state index contributed by atoms with van der Waals surface area (Å²) in [5, 5.41) is 19.8. The molecule has 1 fully saturated rings. The maximum atomic E-state index is 12.6. The lowest BCUT2D eigenvalue weighted by molar-refractivity contribution is -0.115. The number of aryl methyl sites for hydroxylation is 2. The highest BCUT2D eigenvalue weighted by atomic mass is 32.2. The standard InChI is InChI=1S/C16H25N7OS/c1-10-14(11(2)22(4)19-10)17-15(24)12(3)25-16-18-20-21-23(16)13-8-6-5-7-9-13/h12-13H,5-9H2,1-4H3,(H,17,24). The Labute approximate surface area is 151 Å². The minimum atomic E-state index is -0.299. The Morgan fingerprint density at radius 1 is 1.28 bits per heavy atom. The van der Waals surface area contributed by atoms with Crippen LogP contribution in [-0.2, 0) is 11.8 Å². The molecule has 1 aliphatic carbocycles. The molecule has 0 aromatic carbocycles. The first kappa shape index (κ1) is 17.9. The lowest BCUT2D eigenvalue weighted by Crippen LogP contribution is -2.24. The molecule has 1 saturated carbocycles. The highest BCUT2D eigenvalue weighted by Gasteiger charge is 2.24. The van der Waals surface area contributed by atoms with Gasteiger partial charge in [0.25, 0.3) is 0 Å². The fourth-order valence-corrected chi connectivity index (χ4v) is 4.07. The van der Waals surface area contributed by atoms with Crippen molar-refractivity contribution in [2.45, 2.75) is 69.3 Å². The number of nitrogens with zero attached hydrogens (tertiary/aromatic N) is 6. The van der Waals surface area contributed by atoms with Crippen molar-refractivity contribution in [3.8, 4) is 0 Å². The van der Waals surface area contributed by atoms with E-state index >= 15 is 0 Å². The van der Waals surface area contributed by atoms with Crippen LogP contribution in [0.2, 0.25) is 0 Å². The number of hydrogen-bond donors (Lipinski definition) is 1. The van der Waals surface area contributed by atoms with Gasteiger partial charge in [0, 0.05) is 7.05 Å². The molecule has 0 bridgehead atoms. The maximum absolute atomic E-state index is 12.6. The average molecular weight is 363 g/mol. The first-order valence-corrected chi connectivity index (χ1v) is 9.61. The van der Waals surface area contributed by atoms with Gasteiger partial charge in [-0.05, 0) is 44.0 Å². The Kier molecular flexibility index (Phi) is 5.41. The van der Waals surface area contributed by atoms with Gasteiger partial charge >= 0.3 is 0 Å². The smallest absolute Gasteiger partial charge is 0.237 e. The van der Waals surface area contributed by atoms with E-state index in [1.54, 1.807) is 4.68 Å². The van der Waals surface area contributed by atoms with Crippen molar-refractivity contribution in [3.63, 3.8) is 0 Å². The van der Waals surface area contributed by atoms with E-state index < -0.39 is 0 Å². The summed E-state index contributed by atoms with van der Waals surface area (Å²) in [5.41, 5.74) is 2.54. The van der Waals surface area contributed by atoms with Gasteiger partial charge in [0.2, 0.25) is 11.1 Å². The fourth-order valence-electron chi connectivity index (χ4n) is 3.21. The molecule has 8 nitrogen and oxygen atoms in total. The number of hydrogen-bond acceptors (Lipinski definition) is 6. The summed E-state index contributed by atoms with van der Waals surface area (Å²) in [6, 6.07) is 0.351. The molecule has 1 N–H and O–H groups in total. The molecule has 1 aliphatic rings. The fraction of sp³-hybridized carbons (Fsp3) is 0.688. The third-order valence-corrected chi connectivity index (χ3v) is 5.84. The van der Waals surface area contributed by atoms with Crippen LogP contribution in [-0.4, -0.2) is 41.1 Å². The van der Waals surface area contributed by atoms with Crippen molar-refractivity contribution in [1.82, 2.24) is 30.0 Å². The third-order valence-electron chi connectivity index (χ3n) is 4.79. The highest BCUT2D eigenvalue weighted by Crippen LogP contribution is 2.31. The third kappa shape index (κ3) is 3.86. The number of nitrogens with one attached hydrogen (secondary N) is 1. The van der Waals surface area contributed by atoms with Gasteiger partial charge in [0.15, 0.2) is 0 Å². The van der Waals surface area contributed by atoms with E-state index in [4.69, 9.17) is 0 Å². The molecule has 2 aromatic heterocycles. The number of aromatic nitrogens is 6. The monoisotopic (exact) mass is 363 g/mol. The summed E-state index contributed by atoms with van der Waals surface area (Å²) in [7, 11) is 1.87. The van der Waals surface area contributed by atoms with E-state index in [2.05, 4.69) is 25.9 Å². The summed E-state index contributed by atoms with van der Waals surface area (Å²) in [4.78, 5) is 12.6. The number of tetrazole rings is 1. The van der Waals surface area contributed by atoms with Crippen molar-refractivity contribution < 1.29 is 4.79 Å². The van der Waals surface area contributed by atoms with E-state index in [9.17, 15) is 4.79 Å². The van der Waals surface area contributed by atoms with Crippen LogP contribution in [0.15, 0.2) is 5.16 Å². The number of carbonyl (C=O) groups is 1. The lowest BCUT2D eigenvalue weighted by Gasteiger charge is -2.22. The molecular formula is C16H25N7OS. The van der Waals surface area contributed by atoms with E-state index in [1.165, 1.54) is 31.0 Å². The minimum Gasteiger partial charge on any atom is -0.322 e. The molecular weight excluding hydrogens is 338 g/mol. The molecule has 2 heterocycles. The average Bonchev–Trinajstić information content (AvgIpc) is 3.15. The predicted molar refractivity (Wildman–Crippen MR) is 96.6 cm³/mol. The van der Waals surface area contributed by atoms with Crippen molar-refractivity contribution >= 4 is 23.4 Å². The summed E-state index contributed by atoms with van der Waals surface area (Å²) >= 11 is 1.40. The topological polar surface area (TPSA) is 90.5 Å². The quantitative estimate of drug-likeness (QED) is 0.821. The van der Waals surface area contributed by atoms with Gasteiger partial charge < -0.3 is 5.32 Å². The van der Waals surface area contributed by atoms with Gasteiger partial charge in [-0.15, -0.1) is 5.10 Å². The first-order valence-electron chi connectivity index (χ1n) is 8.73. The molecule has 1 amide bonds. The summed E-state index contributed by atoms with van der Waals surface area (Å²) in [5.74, 6) is -0.0672. The highest BCUT2D eigenvalue weighted by molar-refractivity contribution is 8.00. The molecule has 25 heavy (non-hydrogen) atoms. The molecule has 9 heteroatoms. The van der Waals surface area contributed by atoms with Gasteiger partial charge in [0.1, 0.15) is 0 Å². The van der Waals surface area contributed by atoms with Crippen LogP contribution in [0, 0.1) is 13.8 Å². The second-order valence-corrected chi connectivity index (χ2v) is 7.92. The zero-order valence-electron chi connectivity index (χ0n) is 15.2. The van der Waals surface area contributed by atoms with Gasteiger partial charge in [0.05, 0.1) is 28.4 Å². The first-order chi connectivity index (χ1) is 12.0. The van der Waals surface area contributed by atoms with E-state index in [-0.39, 0.29) is 11.2 Å². The number of amides is 1. The van der Waals surface area contributed by atoms with Crippen LogP contribution in [0.5, 0.6) is 0 Å². The summed E-state index contributed by atoms with van der Waals surface area (Å²) in [6.07, 6.45) is 5.92. The molecule has 1 unspecified atom stereocenters. The molecule has 2 aromatic rings.